The second-order valence-electron chi connectivity index (χ2n) is 15.1. The van der Waals surface area contributed by atoms with Crippen molar-refractivity contribution in [3.05, 3.63) is 197 Å². The van der Waals surface area contributed by atoms with E-state index in [1.54, 1.807) is 7.11 Å². The summed E-state index contributed by atoms with van der Waals surface area (Å²) in [7, 11) is 1.68. The van der Waals surface area contributed by atoms with Crippen molar-refractivity contribution < 1.29 is 32.7 Å². The zero-order chi connectivity index (χ0) is 41.4. The number of rotatable bonds is 5. The van der Waals surface area contributed by atoms with E-state index in [0.29, 0.717) is 20.2 Å². The number of methoxy groups -OCH3 is 1. The van der Waals surface area contributed by atoms with Crippen LogP contribution in [0.5, 0.6) is 23.0 Å². The minimum Gasteiger partial charge on any atom is -0.497 e. The lowest BCUT2D eigenvalue weighted by Gasteiger charge is -2.17. The predicted molar refractivity (Wildman–Crippen MR) is 241 cm³/mol. The molecule has 7 heteroatoms. The standard InChI is InChI=1S/C21H18NO.C16H16NO2.C16H16NO/c1-16-12-18(17-8-4-2-5-9-17)13-19-14-22(15-23-21(16)19)20-10-6-3-7-11-20;1-12-8-15(18-2)9-13-10-17(11-19-16(12)13)14-6-4-3-5-7-14;1-12-8-13(2)16-14(9-12)10-17(11-18-16)15-6-4-3-5-7-15/h2-14H,15H2,1H3;3-10H,11H2,1-2H3;3-10H,11H2,1-2H3/q3*+1. The molecular weight excluding hydrogens is 743 g/mol. The lowest BCUT2D eigenvalue weighted by molar-refractivity contribution is -0.476. The van der Waals surface area contributed by atoms with Crippen LogP contribution in [0.4, 0.5) is 17.1 Å². The molecule has 0 spiro atoms. The third-order valence-corrected chi connectivity index (χ3v) is 10.6. The topological polar surface area (TPSA) is 46.0 Å². The molecule has 7 nitrogen and oxygen atoms in total. The molecule has 0 unspecified atom stereocenters. The Morgan fingerprint density at radius 3 is 1.23 bits per heavy atom. The Bertz CT molecular complexity index is 2710. The van der Waals surface area contributed by atoms with E-state index in [2.05, 4.69) is 138 Å². The van der Waals surface area contributed by atoms with Gasteiger partial charge in [-0.1, -0.05) is 91.0 Å². The monoisotopic (exact) mass is 792 g/mol. The van der Waals surface area contributed by atoms with Crippen molar-refractivity contribution in [2.45, 2.75) is 27.7 Å². The van der Waals surface area contributed by atoms with E-state index in [1.165, 1.54) is 27.8 Å². The molecule has 298 valence electrons. The zero-order valence-corrected chi connectivity index (χ0v) is 34.8. The number of hydrogen-bond donors (Lipinski definition) is 0. The molecule has 0 saturated carbocycles. The predicted octanol–water partition coefficient (Wildman–Crippen LogP) is 11.3. The molecule has 3 heterocycles. The van der Waals surface area contributed by atoms with Gasteiger partial charge >= 0.3 is 0 Å². The molecule has 0 aliphatic carbocycles. The first kappa shape index (κ1) is 39.6. The van der Waals surface area contributed by atoms with Crippen LogP contribution in [0, 0.1) is 27.7 Å². The first-order chi connectivity index (χ1) is 29.3. The number of hydrogen-bond acceptors (Lipinski definition) is 4. The van der Waals surface area contributed by atoms with E-state index in [-0.39, 0.29) is 0 Å². The summed E-state index contributed by atoms with van der Waals surface area (Å²) in [5, 5.41) is 0. The highest BCUT2D eigenvalue weighted by molar-refractivity contribution is 5.86. The Hall–Kier alpha value is -7.25. The van der Waals surface area contributed by atoms with Crippen molar-refractivity contribution in [3.63, 3.8) is 0 Å². The highest BCUT2D eigenvalue weighted by Gasteiger charge is 2.23. The van der Waals surface area contributed by atoms with Gasteiger partial charge in [0.15, 0.2) is 18.6 Å². The minimum atomic E-state index is 0.532. The normalized spacial score (nSPS) is 13.2. The molecule has 0 saturated heterocycles. The molecule has 0 atom stereocenters. The third kappa shape index (κ3) is 9.06. The van der Waals surface area contributed by atoms with Gasteiger partial charge in [0.1, 0.15) is 23.0 Å². The zero-order valence-electron chi connectivity index (χ0n) is 34.8. The molecular formula is C53H50N3O4+3. The summed E-state index contributed by atoms with van der Waals surface area (Å²) in [6, 6.07) is 54.0. The summed E-state index contributed by atoms with van der Waals surface area (Å²) in [6.45, 7) is 10.00. The molecule has 0 aromatic heterocycles. The summed E-state index contributed by atoms with van der Waals surface area (Å²) in [6.07, 6.45) is 6.44. The van der Waals surface area contributed by atoms with E-state index in [1.807, 2.05) is 79.7 Å². The van der Waals surface area contributed by atoms with Gasteiger partial charge in [-0.2, -0.15) is 13.7 Å². The second kappa shape index (κ2) is 18.1. The number of benzene rings is 7. The fourth-order valence-electron chi connectivity index (χ4n) is 7.67. The quantitative estimate of drug-likeness (QED) is 0.163. The van der Waals surface area contributed by atoms with Gasteiger partial charge in [-0.3, -0.25) is 0 Å². The summed E-state index contributed by atoms with van der Waals surface area (Å²) in [5.41, 5.74) is 13.9. The summed E-state index contributed by atoms with van der Waals surface area (Å²) < 4.78 is 29.4. The van der Waals surface area contributed by atoms with Gasteiger partial charge in [0.2, 0.25) is 17.1 Å². The molecule has 0 bridgehead atoms. The smallest absolute Gasteiger partial charge is 0.292 e. The molecule has 7 aromatic rings. The number of ether oxygens (including phenoxy) is 4. The van der Waals surface area contributed by atoms with Crippen LogP contribution < -0.4 is 18.9 Å². The van der Waals surface area contributed by atoms with Crippen LogP contribution >= 0.6 is 0 Å². The first-order valence-electron chi connectivity index (χ1n) is 20.2. The Morgan fingerprint density at radius 1 is 0.400 bits per heavy atom. The maximum absolute atomic E-state index is 6.01. The van der Waals surface area contributed by atoms with Gasteiger partial charge in [0, 0.05) is 36.4 Å². The van der Waals surface area contributed by atoms with Crippen LogP contribution in [-0.2, 0) is 0 Å². The van der Waals surface area contributed by atoms with Crippen molar-refractivity contribution in [3.8, 4) is 34.1 Å². The fraction of sp³-hybridized carbons (Fsp3) is 0.151. The molecule has 7 aromatic carbocycles. The Morgan fingerprint density at radius 2 is 0.783 bits per heavy atom. The van der Waals surface area contributed by atoms with Gasteiger partial charge < -0.3 is 18.9 Å². The van der Waals surface area contributed by atoms with Gasteiger partial charge in [-0.15, -0.1) is 0 Å². The molecule has 60 heavy (non-hydrogen) atoms. The van der Waals surface area contributed by atoms with Crippen LogP contribution in [0.15, 0.2) is 158 Å². The second-order valence-corrected chi connectivity index (χ2v) is 15.1. The van der Waals surface area contributed by atoms with E-state index in [0.717, 1.165) is 62.3 Å². The summed E-state index contributed by atoms with van der Waals surface area (Å²) in [5.74, 6) is 3.78. The van der Waals surface area contributed by atoms with E-state index >= 15 is 0 Å². The molecule has 10 rings (SSSR count). The maximum atomic E-state index is 6.01. The van der Waals surface area contributed by atoms with Crippen molar-refractivity contribution >= 4 is 35.7 Å². The van der Waals surface area contributed by atoms with Crippen molar-refractivity contribution in [2.75, 3.05) is 27.3 Å². The van der Waals surface area contributed by atoms with Crippen LogP contribution in [0.3, 0.4) is 0 Å². The van der Waals surface area contributed by atoms with E-state index < -0.39 is 0 Å². The molecule has 3 aliphatic heterocycles. The Balaban J connectivity index is 0.000000126. The summed E-state index contributed by atoms with van der Waals surface area (Å²) >= 11 is 0. The van der Waals surface area contributed by atoms with E-state index in [9.17, 15) is 0 Å². The molecule has 0 N–H and O–H groups in total. The highest BCUT2D eigenvalue weighted by Crippen LogP contribution is 2.33. The lowest BCUT2D eigenvalue weighted by atomic mass is 9.99. The van der Waals surface area contributed by atoms with Gasteiger partial charge in [0.05, 0.1) is 23.8 Å². The number of para-hydroxylation sites is 3. The van der Waals surface area contributed by atoms with Crippen LogP contribution in [0.2, 0.25) is 0 Å². The lowest BCUT2D eigenvalue weighted by Crippen LogP contribution is -2.21. The van der Waals surface area contributed by atoms with Crippen LogP contribution in [0.1, 0.15) is 38.9 Å². The minimum absolute atomic E-state index is 0.532. The van der Waals surface area contributed by atoms with Gasteiger partial charge in [-0.05, 0) is 91.4 Å². The van der Waals surface area contributed by atoms with Crippen molar-refractivity contribution in [1.82, 2.24) is 0 Å². The molecule has 0 fully saturated rings. The maximum Gasteiger partial charge on any atom is 0.292 e. The number of nitrogens with zero attached hydrogens (tertiary/aromatic N) is 3. The Labute approximate surface area is 353 Å². The molecule has 3 aliphatic rings. The number of fused-ring (bicyclic) bond motifs is 3. The highest BCUT2D eigenvalue weighted by atomic mass is 16.5. The fourth-order valence-corrected chi connectivity index (χ4v) is 7.67. The third-order valence-electron chi connectivity index (χ3n) is 10.6. The average molecular weight is 793 g/mol. The van der Waals surface area contributed by atoms with Crippen LogP contribution in [0.25, 0.3) is 11.1 Å². The van der Waals surface area contributed by atoms with Gasteiger partial charge in [0.25, 0.3) is 20.2 Å². The van der Waals surface area contributed by atoms with Crippen molar-refractivity contribution in [1.29, 1.82) is 0 Å². The number of aryl methyl sites for hydroxylation is 4. The Kier molecular flexibility index (Phi) is 12.0. The average Bonchev–Trinajstić information content (AvgIpc) is 3.30. The first-order valence-corrected chi connectivity index (χ1v) is 20.2. The SMILES string of the molecule is COc1cc(C)c2c(c1)C=[N+](c1ccccc1)CO2.Cc1cc(-c2ccccc2)cc2c1OC[N+](c1ccccc1)=C2.Cc1cc(C)c2c(c1)C=[N+](c1ccccc1)CO2. The largest absolute Gasteiger partial charge is 0.497 e. The van der Waals surface area contributed by atoms with E-state index in [4.69, 9.17) is 18.9 Å². The van der Waals surface area contributed by atoms with Gasteiger partial charge in [-0.25, -0.2) is 0 Å². The van der Waals surface area contributed by atoms with Crippen LogP contribution in [-0.4, -0.2) is 59.7 Å². The van der Waals surface area contributed by atoms with Crippen molar-refractivity contribution in [2.24, 2.45) is 0 Å². The summed E-state index contributed by atoms with van der Waals surface area (Å²) in [4.78, 5) is 0. The molecule has 0 radical (unpaired) electrons. The molecule has 0 amide bonds.